The highest BCUT2D eigenvalue weighted by atomic mass is 16.5. The Hall–Kier alpha value is -1.65. The SMILES string of the molecule is CCCc1nccn1Cc1nc(C(C)(C)C)no1. The molecule has 0 amide bonds. The molecule has 0 aliphatic rings. The predicted octanol–water partition coefficient (Wildman–Crippen LogP) is 2.56. The van der Waals surface area contributed by atoms with Gasteiger partial charge >= 0.3 is 0 Å². The molecular weight excluding hydrogens is 228 g/mol. The second-order valence-corrected chi connectivity index (χ2v) is 5.48. The zero-order valence-corrected chi connectivity index (χ0v) is 11.5. The van der Waals surface area contributed by atoms with Gasteiger partial charge < -0.3 is 9.09 Å². The van der Waals surface area contributed by atoms with Crippen LogP contribution in [0.4, 0.5) is 0 Å². The lowest BCUT2D eigenvalue weighted by Gasteiger charge is -2.10. The first kappa shape index (κ1) is 12.8. The highest BCUT2D eigenvalue weighted by molar-refractivity contribution is 5.01. The molecule has 0 saturated heterocycles. The Morgan fingerprint density at radius 2 is 2.11 bits per heavy atom. The summed E-state index contributed by atoms with van der Waals surface area (Å²) in [5, 5.41) is 4.02. The number of hydrogen-bond donors (Lipinski definition) is 0. The third-order valence-corrected chi connectivity index (χ3v) is 2.72. The van der Waals surface area contributed by atoms with Crippen LogP contribution in [0.15, 0.2) is 16.9 Å². The number of nitrogens with zero attached hydrogens (tertiary/aromatic N) is 4. The van der Waals surface area contributed by atoms with E-state index in [0.717, 1.165) is 24.5 Å². The summed E-state index contributed by atoms with van der Waals surface area (Å²) in [6.07, 6.45) is 5.80. The Morgan fingerprint density at radius 1 is 1.33 bits per heavy atom. The summed E-state index contributed by atoms with van der Waals surface area (Å²) in [5.41, 5.74) is -0.0804. The van der Waals surface area contributed by atoms with Crippen molar-refractivity contribution in [2.24, 2.45) is 0 Å². The second-order valence-electron chi connectivity index (χ2n) is 5.48. The fourth-order valence-corrected chi connectivity index (χ4v) is 1.71. The quantitative estimate of drug-likeness (QED) is 0.834. The van der Waals surface area contributed by atoms with E-state index in [9.17, 15) is 0 Å². The van der Waals surface area contributed by atoms with Crippen LogP contribution >= 0.6 is 0 Å². The molecule has 0 atom stereocenters. The van der Waals surface area contributed by atoms with Crippen molar-refractivity contribution in [1.82, 2.24) is 19.7 Å². The lowest BCUT2D eigenvalue weighted by molar-refractivity contribution is 0.356. The first-order valence-electron chi connectivity index (χ1n) is 6.33. The largest absolute Gasteiger partial charge is 0.337 e. The van der Waals surface area contributed by atoms with E-state index in [4.69, 9.17) is 4.52 Å². The fourth-order valence-electron chi connectivity index (χ4n) is 1.71. The smallest absolute Gasteiger partial charge is 0.246 e. The standard InChI is InChI=1S/C13H20N4O/c1-5-6-10-14-7-8-17(10)9-11-15-12(16-18-11)13(2,3)4/h7-8H,5-6,9H2,1-4H3. The molecule has 0 bridgehead atoms. The summed E-state index contributed by atoms with van der Waals surface area (Å²) in [7, 11) is 0. The molecule has 0 radical (unpaired) electrons. The van der Waals surface area contributed by atoms with E-state index in [2.05, 4.69) is 47.4 Å². The lowest BCUT2D eigenvalue weighted by Crippen LogP contribution is -2.13. The predicted molar refractivity (Wildman–Crippen MR) is 68.3 cm³/mol. The molecule has 2 heterocycles. The Morgan fingerprint density at radius 3 is 2.72 bits per heavy atom. The molecule has 2 aromatic rings. The van der Waals surface area contributed by atoms with Crippen molar-refractivity contribution in [2.75, 3.05) is 0 Å². The molecule has 2 aromatic heterocycles. The fraction of sp³-hybridized carbons (Fsp3) is 0.615. The van der Waals surface area contributed by atoms with Gasteiger partial charge in [-0.05, 0) is 6.42 Å². The molecule has 0 aliphatic carbocycles. The van der Waals surface area contributed by atoms with Gasteiger partial charge in [-0.3, -0.25) is 0 Å². The van der Waals surface area contributed by atoms with E-state index in [1.54, 1.807) is 0 Å². The number of aryl methyl sites for hydroxylation is 1. The van der Waals surface area contributed by atoms with E-state index in [1.807, 2.05) is 12.4 Å². The molecule has 5 heteroatoms. The molecule has 5 nitrogen and oxygen atoms in total. The summed E-state index contributed by atoms with van der Waals surface area (Å²) in [5.74, 6) is 2.44. The van der Waals surface area contributed by atoms with E-state index in [1.165, 1.54) is 0 Å². The molecule has 0 fully saturated rings. The van der Waals surface area contributed by atoms with Crippen LogP contribution in [0.3, 0.4) is 0 Å². The first-order chi connectivity index (χ1) is 8.50. The van der Waals surface area contributed by atoms with Gasteiger partial charge in [-0.15, -0.1) is 0 Å². The summed E-state index contributed by atoms with van der Waals surface area (Å²) in [6, 6.07) is 0. The maximum absolute atomic E-state index is 5.29. The zero-order valence-electron chi connectivity index (χ0n) is 11.5. The molecule has 0 aromatic carbocycles. The molecule has 0 saturated carbocycles. The van der Waals surface area contributed by atoms with Gasteiger partial charge in [0.25, 0.3) is 0 Å². The number of imidazole rings is 1. The van der Waals surface area contributed by atoms with E-state index in [0.29, 0.717) is 12.4 Å². The molecule has 0 aliphatic heterocycles. The van der Waals surface area contributed by atoms with Crippen LogP contribution in [0.5, 0.6) is 0 Å². The summed E-state index contributed by atoms with van der Waals surface area (Å²) in [4.78, 5) is 8.76. The third kappa shape index (κ3) is 2.78. The number of hydrogen-bond acceptors (Lipinski definition) is 4. The van der Waals surface area contributed by atoms with Gasteiger partial charge in [-0.25, -0.2) is 4.98 Å². The van der Waals surface area contributed by atoms with E-state index < -0.39 is 0 Å². The van der Waals surface area contributed by atoms with E-state index in [-0.39, 0.29) is 5.41 Å². The van der Waals surface area contributed by atoms with Gasteiger partial charge in [-0.2, -0.15) is 4.98 Å². The van der Waals surface area contributed by atoms with Crippen LogP contribution in [0, 0.1) is 0 Å². The summed E-state index contributed by atoms with van der Waals surface area (Å²) < 4.78 is 7.35. The molecule has 0 unspecified atom stereocenters. The Kier molecular flexibility index (Phi) is 3.50. The highest BCUT2D eigenvalue weighted by Crippen LogP contribution is 2.18. The molecule has 18 heavy (non-hydrogen) atoms. The van der Waals surface area contributed by atoms with Crippen molar-refractivity contribution in [2.45, 2.75) is 52.5 Å². The monoisotopic (exact) mass is 248 g/mol. The van der Waals surface area contributed by atoms with Crippen molar-refractivity contribution in [3.05, 3.63) is 29.9 Å². The minimum Gasteiger partial charge on any atom is -0.337 e. The minimum absolute atomic E-state index is 0.0804. The van der Waals surface area contributed by atoms with Gasteiger partial charge in [0.15, 0.2) is 5.82 Å². The summed E-state index contributed by atoms with van der Waals surface area (Å²) >= 11 is 0. The highest BCUT2D eigenvalue weighted by Gasteiger charge is 2.21. The lowest BCUT2D eigenvalue weighted by atomic mass is 9.96. The normalized spacial score (nSPS) is 12.0. The maximum Gasteiger partial charge on any atom is 0.246 e. The third-order valence-electron chi connectivity index (χ3n) is 2.72. The molecule has 0 N–H and O–H groups in total. The summed E-state index contributed by atoms with van der Waals surface area (Å²) in [6.45, 7) is 8.95. The van der Waals surface area contributed by atoms with Gasteiger partial charge in [0.2, 0.25) is 5.89 Å². The van der Waals surface area contributed by atoms with Gasteiger partial charge in [0.05, 0.1) is 0 Å². The van der Waals surface area contributed by atoms with Crippen molar-refractivity contribution >= 4 is 0 Å². The average molecular weight is 248 g/mol. The maximum atomic E-state index is 5.29. The van der Waals surface area contributed by atoms with Crippen LogP contribution in [-0.2, 0) is 18.4 Å². The molecule has 0 spiro atoms. The van der Waals surface area contributed by atoms with Crippen molar-refractivity contribution < 1.29 is 4.52 Å². The van der Waals surface area contributed by atoms with Crippen molar-refractivity contribution in [3.63, 3.8) is 0 Å². The van der Waals surface area contributed by atoms with Gasteiger partial charge in [-0.1, -0.05) is 32.9 Å². The second kappa shape index (κ2) is 4.92. The van der Waals surface area contributed by atoms with Crippen LogP contribution < -0.4 is 0 Å². The van der Waals surface area contributed by atoms with E-state index >= 15 is 0 Å². The molecule has 2 rings (SSSR count). The Balaban J connectivity index is 2.14. The van der Waals surface area contributed by atoms with Crippen LogP contribution in [0.2, 0.25) is 0 Å². The zero-order chi connectivity index (χ0) is 13.2. The topological polar surface area (TPSA) is 56.7 Å². The van der Waals surface area contributed by atoms with Gasteiger partial charge in [0, 0.05) is 24.2 Å². The van der Waals surface area contributed by atoms with Crippen LogP contribution in [0.25, 0.3) is 0 Å². The minimum atomic E-state index is -0.0804. The molecule has 98 valence electrons. The van der Waals surface area contributed by atoms with Gasteiger partial charge in [0.1, 0.15) is 12.4 Å². The Labute approximate surface area is 107 Å². The Bertz CT molecular complexity index is 507. The van der Waals surface area contributed by atoms with Crippen molar-refractivity contribution in [3.8, 4) is 0 Å². The van der Waals surface area contributed by atoms with Crippen LogP contribution in [0.1, 0.15) is 51.7 Å². The first-order valence-corrected chi connectivity index (χ1v) is 6.33. The average Bonchev–Trinajstić information content (AvgIpc) is 2.89. The number of aromatic nitrogens is 4. The number of rotatable bonds is 4. The van der Waals surface area contributed by atoms with Crippen molar-refractivity contribution in [1.29, 1.82) is 0 Å². The molecular formula is C13H20N4O. The van der Waals surface area contributed by atoms with Crippen LogP contribution in [-0.4, -0.2) is 19.7 Å².